The van der Waals surface area contributed by atoms with Gasteiger partial charge in [-0.1, -0.05) is 11.3 Å². The number of rotatable bonds is 4. The molecule has 0 unspecified atom stereocenters. The number of hydrogen-bond acceptors (Lipinski definition) is 4. The first-order valence-corrected chi connectivity index (χ1v) is 6.68. The van der Waals surface area contributed by atoms with Crippen LogP contribution in [0.25, 0.3) is 0 Å². The van der Waals surface area contributed by atoms with E-state index in [-0.39, 0.29) is 9.90 Å². The fourth-order valence-electron chi connectivity index (χ4n) is 1.04. The molecule has 0 fully saturated rings. The highest BCUT2D eigenvalue weighted by Crippen LogP contribution is 2.20. The van der Waals surface area contributed by atoms with Crippen molar-refractivity contribution < 1.29 is 21.6 Å². The Labute approximate surface area is 98.7 Å². The van der Waals surface area contributed by atoms with Crippen molar-refractivity contribution in [2.75, 3.05) is 6.54 Å². The molecular formula is C7H9F3N2O3S2. The van der Waals surface area contributed by atoms with Gasteiger partial charge in [-0.3, -0.25) is 4.79 Å². The largest absolute Gasteiger partial charge is 0.390 e. The van der Waals surface area contributed by atoms with Gasteiger partial charge < -0.3 is 4.98 Å². The van der Waals surface area contributed by atoms with E-state index in [1.54, 1.807) is 4.72 Å². The predicted molar refractivity (Wildman–Crippen MR) is 55.5 cm³/mol. The molecule has 0 saturated heterocycles. The Morgan fingerprint density at radius 2 is 2.00 bits per heavy atom. The maximum Gasteiger partial charge on any atom is 0.390 e. The molecule has 0 saturated carbocycles. The molecule has 0 radical (unpaired) electrons. The molecule has 0 aliphatic rings. The van der Waals surface area contributed by atoms with Crippen LogP contribution in [-0.4, -0.2) is 26.1 Å². The quantitative estimate of drug-likeness (QED) is 0.867. The van der Waals surface area contributed by atoms with E-state index in [9.17, 15) is 26.4 Å². The predicted octanol–water partition coefficient (Wildman–Crippen LogP) is 0.976. The molecule has 1 aromatic heterocycles. The van der Waals surface area contributed by atoms with E-state index in [0.717, 1.165) is 0 Å². The second-order valence-electron chi connectivity index (χ2n) is 3.19. The molecule has 0 aliphatic carbocycles. The average molecular weight is 290 g/mol. The normalized spacial score (nSPS) is 12.9. The molecule has 2 N–H and O–H groups in total. The minimum absolute atomic E-state index is 0.111. The molecule has 0 spiro atoms. The van der Waals surface area contributed by atoms with Gasteiger partial charge in [0.25, 0.3) is 10.0 Å². The lowest BCUT2D eigenvalue weighted by Gasteiger charge is -2.07. The van der Waals surface area contributed by atoms with Crippen molar-refractivity contribution >= 4 is 21.4 Å². The Bertz CT molecular complexity index is 543. The smallest absolute Gasteiger partial charge is 0.315 e. The van der Waals surface area contributed by atoms with Crippen molar-refractivity contribution in [3.8, 4) is 0 Å². The van der Waals surface area contributed by atoms with Crippen molar-refractivity contribution in [3.05, 3.63) is 15.4 Å². The number of sulfonamides is 1. The lowest BCUT2D eigenvalue weighted by atomic mass is 10.4. The van der Waals surface area contributed by atoms with E-state index in [2.05, 4.69) is 4.98 Å². The number of nitrogens with one attached hydrogen (secondary N) is 2. The van der Waals surface area contributed by atoms with Gasteiger partial charge in [0.2, 0.25) is 0 Å². The lowest BCUT2D eigenvalue weighted by Crippen LogP contribution is -2.28. The molecule has 0 amide bonds. The zero-order chi connectivity index (χ0) is 13.3. The number of aryl methyl sites for hydroxylation is 1. The van der Waals surface area contributed by atoms with E-state index in [1.165, 1.54) is 6.92 Å². The second-order valence-corrected chi connectivity index (χ2v) is 6.14. The molecule has 10 heteroatoms. The standard InChI is InChI=1S/C7H9F3N2O3S2/c1-4-5(16-6(13)12-4)17(14,15)11-3-2-7(8,9)10/h11H,2-3H2,1H3,(H,12,13). The summed E-state index contributed by atoms with van der Waals surface area (Å²) < 4.78 is 60.0. The fraction of sp³-hybridized carbons (Fsp3) is 0.571. The first kappa shape index (κ1) is 14.2. The van der Waals surface area contributed by atoms with E-state index in [4.69, 9.17) is 0 Å². The third kappa shape index (κ3) is 4.13. The van der Waals surface area contributed by atoms with Crippen LogP contribution < -0.4 is 9.60 Å². The highest BCUT2D eigenvalue weighted by atomic mass is 32.2. The fourth-order valence-corrected chi connectivity index (χ4v) is 3.41. The number of aromatic amines is 1. The summed E-state index contributed by atoms with van der Waals surface area (Å²) >= 11 is 0.436. The molecule has 1 rings (SSSR count). The summed E-state index contributed by atoms with van der Waals surface area (Å²) in [6.07, 6.45) is -5.69. The monoisotopic (exact) mass is 290 g/mol. The van der Waals surface area contributed by atoms with Gasteiger partial charge in [0.05, 0.1) is 6.42 Å². The van der Waals surface area contributed by atoms with Gasteiger partial charge in [-0.25, -0.2) is 13.1 Å². The van der Waals surface area contributed by atoms with Crippen LogP contribution in [0.15, 0.2) is 9.00 Å². The van der Waals surface area contributed by atoms with Gasteiger partial charge in [0.15, 0.2) is 4.21 Å². The van der Waals surface area contributed by atoms with Crippen molar-refractivity contribution in [1.82, 2.24) is 9.71 Å². The molecule has 1 heterocycles. The summed E-state index contributed by atoms with van der Waals surface area (Å²) in [6, 6.07) is 0. The minimum Gasteiger partial charge on any atom is -0.315 e. The zero-order valence-electron chi connectivity index (χ0n) is 8.59. The number of hydrogen-bond donors (Lipinski definition) is 2. The summed E-state index contributed by atoms with van der Waals surface area (Å²) in [5.74, 6) is 0. The molecule has 98 valence electrons. The van der Waals surface area contributed by atoms with Crippen LogP contribution in [0.1, 0.15) is 12.1 Å². The van der Waals surface area contributed by atoms with Crippen LogP contribution in [-0.2, 0) is 10.0 Å². The van der Waals surface area contributed by atoms with Crippen molar-refractivity contribution in [1.29, 1.82) is 0 Å². The van der Waals surface area contributed by atoms with Gasteiger partial charge >= 0.3 is 11.0 Å². The number of H-pyrrole nitrogens is 1. The zero-order valence-corrected chi connectivity index (χ0v) is 10.2. The maximum atomic E-state index is 11.8. The van der Waals surface area contributed by atoms with E-state index >= 15 is 0 Å². The van der Waals surface area contributed by atoms with Crippen LogP contribution in [0.3, 0.4) is 0 Å². The highest BCUT2D eigenvalue weighted by molar-refractivity contribution is 7.91. The van der Waals surface area contributed by atoms with Gasteiger partial charge in [0.1, 0.15) is 0 Å². The lowest BCUT2D eigenvalue weighted by molar-refractivity contribution is -0.132. The van der Waals surface area contributed by atoms with Crippen molar-refractivity contribution in [2.45, 2.75) is 23.7 Å². The summed E-state index contributed by atoms with van der Waals surface area (Å²) in [5.41, 5.74) is 0.111. The second kappa shape index (κ2) is 4.78. The van der Waals surface area contributed by atoms with Crippen LogP contribution >= 0.6 is 11.3 Å². The van der Waals surface area contributed by atoms with Crippen LogP contribution in [0.4, 0.5) is 13.2 Å². The number of aromatic nitrogens is 1. The maximum absolute atomic E-state index is 11.8. The van der Waals surface area contributed by atoms with E-state index < -0.39 is 34.0 Å². The molecule has 17 heavy (non-hydrogen) atoms. The highest BCUT2D eigenvalue weighted by Gasteiger charge is 2.28. The van der Waals surface area contributed by atoms with E-state index in [1.807, 2.05) is 0 Å². The Morgan fingerprint density at radius 3 is 2.41 bits per heavy atom. The van der Waals surface area contributed by atoms with Crippen LogP contribution in [0.2, 0.25) is 0 Å². The summed E-state index contributed by atoms with van der Waals surface area (Å²) in [6.45, 7) is 0.605. The minimum atomic E-state index is -4.43. The Hall–Kier alpha value is -0.870. The van der Waals surface area contributed by atoms with Crippen molar-refractivity contribution in [3.63, 3.8) is 0 Å². The topological polar surface area (TPSA) is 79.0 Å². The molecule has 1 aromatic rings. The van der Waals surface area contributed by atoms with Gasteiger partial charge in [-0.05, 0) is 6.92 Å². The molecule has 0 aromatic carbocycles. The summed E-state index contributed by atoms with van der Waals surface area (Å²) in [4.78, 5) is 12.6. The summed E-state index contributed by atoms with van der Waals surface area (Å²) in [7, 11) is -4.06. The van der Waals surface area contributed by atoms with Crippen LogP contribution in [0, 0.1) is 6.92 Å². The number of thiazole rings is 1. The molecule has 0 bridgehead atoms. The number of alkyl halides is 3. The Morgan fingerprint density at radius 1 is 1.41 bits per heavy atom. The Kier molecular flexibility index (Phi) is 3.99. The molecule has 5 nitrogen and oxygen atoms in total. The number of halogens is 3. The summed E-state index contributed by atoms with van der Waals surface area (Å²) in [5, 5.41) is 0. The SMILES string of the molecule is Cc1[nH]c(=O)sc1S(=O)(=O)NCCC(F)(F)F. The van der Waals surface area contributed by atoms with Crippen molar-refractivity contribution in [2.24, 2.45) is 0 Å². The first-order valence-electron chi connectivity index (χ1n) is 4.38. The first-order chi connectivity index (χ1) is 7.62. The van der Waals surface area contributed by atoms with Crippen LogP contribution in [0.5, 0.6) is 0 Å². The molecule has 0 atom stereocenters. The molecular weight excluding hydrogens is 281 g/mol. The Balaban J connectivity index is 2.77. The van der Waals surface area contributed by atoms with Gasteiger partial charge in [-0.15, -0.1) is 0 Å². The van der Waals surface area contributed by atoms with Gasteiger partial charge in [0, 0.05) is 12.2 Å². The average Bonchev–Trinajstić information content (AvgIpc) is 2.43. The molecule has 0 aliphatic heterocycles. The van der Waals surface area contributed by atoms with E-state index in [0.29, 0.717) is 11.3 Å². The third-order valence-corrected chi connectivity index (χ3v) is 4.79. The third-order valence-electron chi connectivity index (χ3n) is 1.73. The van der Waals surface area contributed by atoms with Gasteiger partial charge in [-0.2, -0.15) is 13.2 Å².